The van der Waals surface area contributed by atoms with E-state index in [0.717, 1.165) is 0 Å². The van der Waals surface area contributed by atoms with Crippen molar-refractivity contribution in [3.05, 3.63) is 65.7 Å². The first kappa shape index (κ1) is 11.2. The fourth-order valence-corrected chi connectivity index (χ4v) is 1.44. The molecule has 0 saturated heterocycles. The number of nitrogens with one attached hydrogen (secondary N) is 1. The van der Waals surface area contributed by atoms with E-state index in [9.17, 15) is 5.11 Å². The van der Waals surface area contributed by atoms with Crippen molar-refractivity contribution in [2.75, 3.05) is 0 Å². The molecule has 0 heterocycles. The second-order valence-corrected chi connectivity index (χ2v) is 3.64. The Labute approximate surface area is 100 Å². The van der Waals surface area contributed by atoms with Crippen LogP contribution in [-0.4, -0.2) is 11.3 Å². The average molecular weight is 226 g/mol. The van der Waals surface area contributed by atoms with Gasteiger partial charge in [0.15, 0.2) is 0 Å². The van der Waals surface area contributed by atoms with E-state index in [-0.39, 0.29) is 5.75 Å². The van der Waals surface area contributed by atoms with E-state index < -0.39 is 0 Å². The predicted molar refractivity (Wildman–Crippen MR) is 69.0 cm³/mol. The largest absolute Gasteiger partial charge is 0.507 e. The molecule has 0 fully saturated rings. The maximum Gasteiger partial charge on any atom is 0.124 e. The topological polar surface area (TPSA) is 44.6 Å². The highest BCUT2D eigenvalue weighted by Crippen LogP contribution is 2.12. The summed E-state index contributed by atoms with van der Waals surface area (Å²) < 4.78 is 0. The second-order valence-electron chi connectivity index (χ2n) is 3.64. The minimum absolute atomic E-state index is 0.234. The highest BCUT2D eigenvalue weighted by Gasteiger charge is 1.94. The zero-order valence-electron chi connectivity index (χ0n) is 9.38. The number of benzene rings is 2. The molecule has 2 rings (SSSR count). The number of rotatable bonds is 4. The Kier molecular flexibility index (Phi) is 3.76. The van der Waals surface area contributed by atoms with E-state index >= 15 is 0 Å². The molecule has 3 heteroatoms. The zero-order valence-corrected chi connectivity index (χ0v) is 9.38. The highest BCUT2D eigenvalue weighted by atomic mass is 16.3. The van der Waals surface area contributed by atoms with Crippen molar-refractivity contribution < 1.29 is 5.11 Å². The molecule has 0 bridgehead atoms. The van der Waals surface area contributed by atoms with Crippen LogP contribution in [0.5, 0.6) is 5.75 Å². The van der Waals surface area contributed by atoms with Crippen LogP contribution in [0.3, 0.4) is 0 Å². The molecule has 3 nitrogen and oxygen atoms in total. The molecule has 2 aromatic carbocycles. The number of para-hydroxylation sites is 1. The van der Waals surface area contributed by atoms with Crippen molar-refractivity contribution in [3.8, 4) is 5.75 Å². The average Bonchev–Trinajstić information content (AvgIpc) is 2.38. The summed E-state index contributed by atoms with van der Waals surface area (Å²) in [6.07, 6.45) is 1.61. The van der Waals surface area contributed by atoms with E-state index in [0.29, 0.717) is 12.1 Å². The van der Waals surface area contributed by atoms with Gasteiger partial charge in [0, 0.05) is 5.56 Å². The first-order valence-electron chi connectivity index (χ1n) is 5.44. The lowest BCUT2D eigenvalue weighted by Gasteiger charge is -2.00. The fraction of sp³-hybridized carbons (Fsp3) is 0.0714. The minimum atomic E-state index is 0.234. The van der Waals surface area contributed by atoms with Gasteiger partial charge in [0.2, 0.25) is 0 Å². The predicted octanol–water partition coefficient (Wildman–Crippen LogP) is 2.52. The van der Waals surface area contributed by atoms with Crippen molar-refractivity contribution in [1.29, 1.82) is 0 Å². The summed E-state index contributed by atoms with van der Waals surface area (Å²) >= 11 is 0. The van der Waals surface area contributed by atoms with E-state index in [4.69, 9.17) is 0 Å². The molecular formula is C14H14N2O. The number of phenols is 1. The number of hydrazone groups is 1. The molecule has 0 aromatic heterocycles. The smallest absolute Gasteiger partial charge is 0.124 e. The lowest BCUT2D eigenvalue weighted by atomic mass is 10.2. The van der Waals surface area contributed by atoms with Gasteiger partial charge in [-0.1, -0.05) is 42.5 Å². The van der Waals surface area contributed by atoms with Crippen LogP contribution in [0.15, 0.2) is 59.7 Å². The number of nitrogens with zero attached hydrogens (tertiary/aromatic N) is 1. The van der Waals surface area contributed by atoms with Crippen LogP contribution in [0.1, 0.15) is 11.1 Å². The number of hydrogen-bond donors (Lipinski definition) is 2. The molecular weight excluding hydrogens is 212 g/mol. The molecule has 0 spiro atoms. The Balaban J connectivity index is 1.89. The lowest BCUT2D eigenvalue weighted by molar-refractivity contribution is 0.474. The monoisotopic (exact) mass is 226 g/mol. The molecule has 0 amide bonds. The van der Waals surface area contributed by atoms with Crippen LogP contribution >= 0.6 is 0 Å². The highest BCUT2D eigenvalue weighted by molar-refractivity contribution is 5.82. The summed E-state index contributed by atoms with van der Waals surface area (Å²) in [5.41, 5.74) is 4.81. The first-order chi connectivity index (χ1) is 8.36. The molecule has 0 atom stereocenters. The summed E-state index contributed by atoms with van der Waals surface area (Å²) in [6.45, 7) is 0.672. The summed E-state index contributed by atoms with van der Waals surface area (Å²) in [6, 6.07) is 17.1. The Morgan fingerprint density at radius 1 is 1.00 bits per heavy atom. The first-order valence-corrected chi connectivity index (χ1v) is 5.44. The molecule has 0 unspecified atom stereocenters. The molecule has 17 heavy (non-hydrogen) atoms. The zero-order chi connectivity index (χ0) is 11.9. The van der Waals surface area contributed by atoms with Crippen LogP contribution in [-0.2, 0) is 6.54 Å². The molecule has 0 radical (unpaired) electrons. The summed E-state index contributed by atoms with van der Waals surface area (Å²) in [5, 5.41) is 13.6. The minimum Gasteiger partial charge on any atom is -0.507 e. The van der Waals surface area contributed by atoms with Gasteiger partial charge in [0.25, 0.3) is 0 Å². The van der Waals surface area contributed by atoms with Gasteiger partial charge >= 0.3 is 0 Å². The van der Waals surface area contributed by atoms with Gasteiger partial charge in [-0.25, -0.2) is 0 Å². The van der Waals surface area contributed by atoms with Gasteiger partial charge in [-0.3, -0.25) is 0 Å². The van der Waals surface area contributed by atoms with Crippen LogP contribution < -0.4 is 5.43 Å². The maximum absolute atomic E-state index is 9.51. The van der Waals surface area contributed by atoms with Crippen LogP contribution in [0.2, 0.25) is 0 Å². The quantitative estimate of drug-likeness (QED) is 0.621. The third kappa shape index (κ3) is 3.34. The van der Waals surface area contributed by atoms with E-state index in [1.807, 2.05) is 42.5 Å². The Morgan fingerprint density at radius 2 is 1.71 bits per heavy atom. The van der Waals surface area contributed by atoms with Crippen LogP contribution in [0.4, 0.5) is 0 Å². The van der Waals surface area contributed by atoms with Gasteiger partial charge in [-0.15, -0.1) is 0 Å². The molecule has 0 aliphatic carbocycles. The SMILES string of the molecule is Oc1ccccc1C=NNCc1ccccc1. The molecule has 2 N–H and O–H groups in total. The molecule has 0 aliphatic heterocycles. The van der Waals surface area contributed by atoms with E-state index in [2.05, 4.69) is 10.5 Å². The fourth-order valence-electron chi connectivity index (χ4n) is 1.44. The Bertz CT molecular complexity index is 495. The van der Waals surface area contributed by atoms with Gasteiger partial charge in [-0.05, 0) is 17.7 Å². The Morgan fingerprint density at radius 3 is 2.47 bits per heavy atom. The van der Waals surface area contributed by atoms with Crippen molar-refractivity contribution in [1.82, 2.24) is 5.43 Å². The van der Waals surface area contributed by atoms with Crippen molar-refractivity contribution in [3.63, 3.8) is 0 Å². The van der Waals surface area contributed by atoms with Crippen molar-refractivity contribution in [2.45, 2.75) is 6.54 Å². The van der Waals surface area contributed by atoms with E-state index in [1.165, 1.54) is 5.56 Å². The standard InChI is InChI=1S/C14H14N2O/c17-14-9-5-4-8-13(14)11-16-15-10-12-6-2-1-3-7-12/h1-9,11,15,17H,10H2. The van der Waals surface area contributed by atoms with Crippen LogP contribution in [0, 0.1) is 0 Å². The summed E-state index contributed by atoms with van der Waals surface area (Å²) in [4.78, 5) is 0. The lowest BCUT2D eigenvalue weighted by Crippen LogP contribution is -2.05. The van der Waals surface area contributed by atoms with Crippen molar-refractivity contribution >= 4 is 6.21 Å². The van der Waals surface area contributed by atoms with Gasteiger partial charge in [0.05, 0.1) is 12.8 Å². The molecule has 86 valence electrons. The Hall–Kier alpha value is -2.29. The van der Waals surface area contributed by atoms with Gasteiger partial charge in [0.1, 0.15) is 5.75 Å². The molecule has 0 saturated carbocycles. The summed E-state index contributed by atoms with van der Waals surface area (Å²) in [7, 11) is 0. The third-order valence-electron chi connectivity index (χ3n) is 2.36. The van der Waals surface area contributed by atoms with Gasteiger partial charge < -0.3 is 10.5 Å². The number of phenolic OH excluding ortho intramolecular Hbond substituents is 1. The number of aromatic hydroxyl groups is 1. The number of hydrogen-bond acceptors (Lipinski definition) is 3. The third-order valence-corrected chi connectivity index (χ3v) is 2.36. The van der Waals surface area contributed by atoms with E-state index in [1.54, 1.807) is 18.3 Å². The maximum atomic E-state index is 9.51. The summed E-state index contributed by atoms with van der Waals surface area (Å²) in [5.74, 6) is 0.234. The van der Waals surface area contributed by atoms with Crippen molar-refractivity contribution in [2.24, 2.45) is 5.10 Å². The molecule has 0 aliphatic rings. The van der Waals surface area contributed by atoms with Crippen LogP contribution in [0.25, 0.3) is 0 Å². The normalized spacial score (nSPS) is 10.6. The van der Waals surface area contributed by atoms with Gasteiger partial charge in [-0.2, -0.15) is 5.10 Å². The second kappa shape index (κ2) is 5.70. The molecule has 2 aromatic rings.